The van der Waals surface area contributed by atoms with Gasteiger partial charge in [-0.25, -0.2) is 0 Å². The Hall–Kier alpha value is -1.81. The molecule has 0 aliphatic carbocycles. The summed E-state index contributed by atoms with van der Waals surface area (Å²) in [6.45, 7) is 6.61. The number of nitrogens with one attached hydrogen (secondary N) is 1. The number of aromatic nitrogens is 2. The van der Waals surface area contributed by atoms with E-state index in [2.05, 4.69) is 24.0 Å². The molecule has 0 saturated carbocycles. The lowest BCUT2D eigenvalue weighted by Crippen LogP contribution is -2.00. The quantitative estimate of drug-likeness (QED) is 0.873. The van der Waals surface area contributed by atoms with E-state index in [0.717, 1.165) is 33.8 Å². The number of nitrogens with zero attached hydrogens (tertiary/aromatic N) is 1. The molecule has 0 saturated heterocycles. The number of H-pyrrole nitrogens is 1. The van der Waals surface area contributed by atoms with E-state index in [1.54, 1.807) is 7.11 Å². The summed E-state index contributed by atoms with van der Waals surface area (Å²) in [6, 6.07) is 4.01. The predicted octanol–water partition coefficient (Wildman–Crippen LogP) is 2.47. The molecular formula is C14H19N3O. The second-order valence-electron chi connectivity index (χ2n) is 4.45. The highest BCUT2D eigenvalue weighted by atomic mass is 16.5. The van der Waals surface area contributed by atoms with Crippen LogP contribution in [-0.2, 0) is 6.54 Å². The van der Waals surface area contributed by atoms with Crippen molar-refractivity contribution in [3.63, 3.8) is 0 Å². The number of ether oxygens (including phenoxy) is 1. The number of benzene rings is 1. The minimum absolute atomic E-state index is 0.488. The molecule has 0 radical (unpaired) electrons. The van der Waals surface area contributed by atoms with Gasteiger partial charge in [-0.05, 0) is 44.0 Å². The van der Waals surface area contributed by atoms with E-state index >= 15 is 0 Å². The van der Waals surface area contributed by atoms with Gasteiger partial charge < -0.3 is 10.5 Å². The summed E-state index contributed by atoms with van der Waals surface area (Å²) in [6.07, 6.45) is 0. The van der Waals surface area contributed by atoms with Crippen LogP contribution in [0.1, 0.15) is 22.4 Å². The molecule has 0 fully saturated rings. The van der Waals surface area contributed by atoms with Crippen molar-refractivity contribution >= 4 is 0 Å². The van der Waals surface area contributed by atoms with Crippen molar-refractivity contribution in [2.45, 2.75) is 27.3 Å². The van der Waals surface area contributed by atoms with E-state index in [0.29, 0.717) is 6.54 Å². The van der Waals surface area contributed by atoms with Crippen molar-refractivity contribution in [2.75, 3.05) is 7.11 Å². The smallest absolute Gasteiger partial charge is 0.122 e. The Bertz CT molecular complexity index is 573. The molecule has 2 aromatic rings. The molecule has 4 heteroatoms. The number of methoxy groups -OCH3 is 1. The molecule has 2 rings (SSSR count). The highest BCUT2D eigenvalue weighted by molar-refractivity contribution is 5.70. The van der Waals surface area contributed by atoms with Crippen molar-refractivity contribution in [3.05, 3.63) is 34.5 Å². The Morgan fingerprint density at radius 1 is 1.22 bits per heavy atom. The van der Waals surface area contributed by atoms with Crippen molar-refractivity contribution < 1.29 is 4.74 Å². The number of nitrogens with two attached hydrogens (primary N) is 1. The normalized spacial score (nSPS) is 10.7. The first kappa shape index (κ1) is 12.6. The van der Waals surface area contributed by atoms with E-state index in [1.807, 2.05) is 19.1 Å². The molecule has 0 aliphatic heterocycles. The molecule has 1 heterocycles. The lowest BCUT2D eigenvalue weighted by atomic mass is 9.97. The summed E-state index contributed by atoms with van der Waals surface area (Å²) in [5.41, 5.74) is 12.3. The molecule has 0 bridgehead atoms. The molecular weight excluding hydrogens is 226 g/mol. The lowest BCUT2D eigenvalue weighted by Gasteiger charge is -2.12. The average Bonchev–Trinajstić information content (AvgIpc) is 2.73. The van der Waals surface area contributed by atoms with Gasteiger partial charge in [0.05, 0.1) is 12.8 Å². The third-order valence-electron chi connectivity index (χ3n) is 3.49. The minimum Gasteiger partial charge on any atom is -0.496 e. The standard InChI is InChI=1S/C14H19N3O/c1-8-9(2)13(18-4)6-5-11(8)14-12(7-15)10(3)16-17-14/h5-6H,7,15H2,1-4H3,(H,16,17). The van der Waals surface area contributed by atoms with Crippen LogP contribution < -0.4 is 10.5 Å². The topological polar surface area (TPSA) is 63.9 Å². The van der Waals surface area contributed by atoms with Crippen molar-refractivity contribution in [3.8, 4) is 17.0 Å². The van der Waals surface area contributed by atoms with Crippen LogP contribution in [0.4, 0.5) is 0 Å². The number of hydrogen-bond donors (Lipinski definition) is 2. The van der Waals surface area contributed by atoms with Gasteiger partial charge in [0.25, 0.3) is 0 Å². The fraction of sp³-hybridized carbons (Fsp3) is 0.357. The van der Waals surface area contributed by atoms with Gasteiger partial charge in [0, 0.05) is 23.4 Å². The van der Waals surface area contributed by atoms with Crippen molar-refractivity contribution in [1.82, 2.24) is 10.2 Å². The number of aryl methyl sites for hydroxylation is 1. The maximum Gasteiger partial charge on any atom is 0.122 e. The van der Waals surface area contributed by atoms with Crippen molar-refractivity contribution in [2.24, 2.45) is 5.73 Å². The summed E-state index contributed by atoms with van der Waals surface area (Å²) < 4.78 is 5.33. The van der Waals surface area contributed by atoms with Gasteiger partial charge in [-0.2, -0.15) is 5.10 Å². The van der Waals surface area contributed by atoms with Crippen LogP contribution in [0.3, 0.4) is 0 Å². The van der Waals surface area contributed by atoms with Crippen LogP contribution in [0.25, 0.3) is 11.3 Å². The summed E-state index contributed by atoms with van der Waals surface area (Å²) in [5.74, 6) is 0.901. The van der Waals surface area contributed by atoms with E-state index in [-0.39, 0.29) is 0 Å². The van der Waals surface area contributed by atoms with Gasteiger partial charge in [-0.1, -0.05) is 0 Å². The van der Waals surface area contributed by atoms with Gasteiger partial charge in [-0.3, -0.25) is 5.10 Å². The molecule has 0 spiro atoms. The number of hydrogen-bond acceptors (Lipinski definition) is 3. The Balaban J connectivity index is 2.61. The van der Waals surface area contributed by atoms with Crippen LogP contribution in [0, 0.1) is 20.8 Å². The summed E-state index contributed by atoms with van der Waals surface area (Å²) in [5, 5.41) is 7.37. The van der Waals surface area contributed by atoms with Crippen LogP contribution in [0.2, 0.25) is 0 Å². The average molecular weight is 245 g/mol. The Kier molecular flexibility index (Phi) is 3.39. The first-order chi connectivity index (χ1) is 8.60. The van der Waals surface area contributed by atoms with Crippen LogP contribution in [0.5, 0.6) is 5.75 Å². The second-order valence-corrected chi connectivity index (χ2v) is 4.45. The third-order valence-corrected chi connectivity index (χ3v) is 3.49. The summed E-state index contributed by atoms with van der Waals surface area (Å²) >= 11 is 0. The molecule has 0 aliphatic rings. The molecule has 1 aromatic heterocycles. The molecule has 0 unspecified atom stereocenters. The first-order valence-electron chi connectivity index (χ1n) is 5.98. The van der Waals surface area contributed by atoms with Gasteiger partial charge in [0.15, 0.2) is 0 Å². The summed E-state index contributed by atoms with van der Waals surface area (Å²) in [4.78, 5) is 0. The Morgan fingerprint density at radius 2 is 1.94 bits per heavy atom. The third kappa shape index (κ3) is 1.88. The monoisotopic (exact) mass is 245 g/mol. The van der Waals surface area contributed by atoms with Crippen LogP contribution in [0.15, 0.2) is 12.1 Å². The summed E-state index contributed by atoms with van der Waals surface area (Å²) in [7, 11) is 1.69. The van der Waals surface area contributed by atoms with Crippen LogP contribution >= 0.6 is 0 Å². The highest BCUT2D eigenvalue weighted by Gasteiger charge is 2.15. The molecule has 0 amide bonds. The molecule has 3 N–H and O–H groups in total. The predicted molar refractivity (Wildman–Crippen MR) is 72.7 cm³/mol. The fourth-order valence-electron chi connectivity index (χ4n) is 2.20. The SMILES string of the molecule is COc1ccc(-c2n[nH]c(C)c2CN)c(C)c1C. The largest absolute Gasteiger partial charge is 0.496 e. The van der Waals surface area contributed by atoms with E-state index < -0.39 is 0 Å². The van der Waals surface area contributed by atoms with Crippen LogP contribution in [-0.4, -0.2) is 17.3 Å². The maximum atomic E-state index is 5.79. The minimum atomic E-state index is 0.488. The second kappa shape index (κ2) is 4.82. The zero-order valence-electron chi connectivity index (χ0n) is 11.3. The van der Waals surface area contributed by atoms with Gasteiger partial charge >= 0.3 is 0 Å². The maximum absolute atomic E-state index is 5.79. The zero-order valence-corrected chi connectivity index (χ0v) is 11.3. The van der Waals surface area contributed by atoms with Gasteiger partial charge in [-0.15, -0.1) is 0 Å². The molecule has 96 valence electrons. The molecule has 1 aromatic carbocycles. The molecule has 18 heavy (non-hydrogen) atoms. The van der Waals surface area contributed by atoms with E-state index in [9.17, 15) is 0 Å². The molecule has 0 atom stereocenters. The van der Waals surface area contributed by atoms with E-state index in [1.165, 1.54) is 5.56 Å². The lowest BCUT2D eigenvalue weighted by molar-refractivity contribution is 0.411. The van der Waals surface area contributed by atoms with E-state index in [4.69, 9.17) is 10.5 Å². The highest BCUT2D eigenvalue weighted by Crippen LogP contribution is 2.32. The first-order valence-corrected chi connectivity index (χ1v) is 5.98. The molecule has 4 nitrogen and oxygen atoms in total. The Morgan fingerprint density at radius 3 is 2.56 bits per heavy atom. The number of aromatic amines is 1. The van der Waals surface area contributed by atoms with Gasteiger partial charge in [0.1, 0.15) is 5.75 Å². The van der Waals surface area contributed by atoms with Gasteiger partial charge in [0.2, 0.25) is 0 Å². The fourth-order valence-corrected chi connectivity index (χ4v) is 2.20. The Labute approximate surface area is 107 Å². The number of rotatable bonds is 3. The van der Waals surface area contributed by atoms with Crippen molar-refractivity contribution in [1.29, 1.82) is 0 Å². The zero-order chi connectivity index (χ0) is 13.3.